The van der Waals surface area contributed by atoms with Crippen LogP contribution in [0.25, 0.3) is 10.1 Å². The molecular weight excluding hydrogens is 208 g/mol. The van der Waals surface area contributed by atoms with Crippen molar-refractivity contribution in [1.29, 1.82) is 0 Å². The van der Waals surface area contributed by atoms with Crippen LogP contribution >= 0.6 is 11.3 Å². The Hall–Kier alpha value is -0.900. The third kappa shape index (κ3) is 2.20. The van der Waals surface area contributed by atoms with Crippen molar-refractivity contribution in [1.82, 2.24) is 0 Å². The minimum absolute atomic E-state index is 0.424. The molecule has 1 N–H and O–H groups in total. The minimum atomic E-state index is -0.424. The number of rotatable bonds is 4. The molecule has 0 amide bonds. The van der Waals surface area contributed by atoms with Gasteiger partial charge in [-0.05, 0) is 22.4 Å². The Kier molecular flexibility index (Phi) is 3.36. The zero-order valence-electron chi connectivity index (χ0n) is 8.64. The number of hydrogen-bond donors (Lipinski definition) is 1. The number of methoxy groups -OCH3 is 1. The van der Waals surface area contributed by atoms with Gasteiger partial charge in [0.1, 0.15) is 0 Å². The van der Waals surface area contributed by atoms with Gasteiger partial charge >= 0.3 is 0 Å². The van der Waals surface area contributed by atoms with Crippen LogP contribution in [0, 0.1) is 0 Å². The van der Waals surface area contributed by atoms with Crippen molar-refractivity contribution in [2.45, 2.75) is 12.5 Å². The first-order chi connectivity index (χ1) is 7.33. The van der Waals surface area contributed by atoms with E-state index in [1.54, 1.807) is 18.4 Å². The van der Waals surface area contributed by atoms with Gasteiger partial charge < -0.3 is 9.84 Å². The van der Waals surface area contributed by atoms with Crippen LogP contribution in [0.4, 0.5) is 0 Å². The number of benzene rings is 1. The van der Waals surface area contributed by atoms with E-state index in [0.717, 1.165) is 5.56 Å². The predicted molar refractivity (Wildman–Crippen MR) is 63.3 cm³/mol. The topological polar surface area (TPSA) is 29.5 Å². The molecule has 80 valence electrons. The first-order valence-electron chi connectivity index (χ1n) is 4.96. The smallest absolute Gasteiger partial charge is 0.0825 e. The van der Waals surface area contributed by atoms with Crippen molar-refractivity contribution in [3.8, 4) is 0 Å². The van der Waals surface area contributed by atoms with Crippen molar-refractivity contribution in [2.75, 3.05) is 13.7 Å². The Labute approximate surface area is 93.1 Å². The largest absolute Gasteiger partial charge is 0.388 e. The van der Waals surface area contributed by atoms with Crippen LogP contribution in [0.5, 0.6) is 0 Å². The zero-order chi connectivity index (χ0) is 10.7. The molecule has 0 aliphatic heterocycles. The van der Waals surface area contributed by atoms with E-state index in [4.69, 9.17) is 4.74 Å². The van der Waals surface area contributed by atoms with Crippen LogP contribution < -0.4 is 0 Å². The van der Waals surface area contributed by atoms with Crippen molar-refractivity contribution in [3.05, 3.63) is 35.2 Å². The highest BCUT2D eigenvalue weighted by atomic mass is 32.1. The lowest BCUT2D eigenvalue weighted by Gasteiger charge is -2.11. The summed E-state index contributed by atoms with van der Waals surface area (Å²) in [4.78, 5) is 0. The van der Waals surface area contributed by atoms with Crippen LogP contribution in [0.2, 0.25) is 0 Å². The summed E-state index contributed by atoms with van der Waals surface area (Å²) in [5.74, 6) is 0. The molecule has 0 fully saturated rings. The van der Waals surface area contributed by atoms with E-state index in [2.05, 4.69) is 17.5 Å². The zero-order valence-corrected chi connectivity index (χ0v) is 9.46. The van der Waals surface area contributed by atoms with E-state index in [0.29, 0.717) is 13.0 Å². The number of hydrogen-bond acceptors (Lipinski definition) is 3. The number of aliphatic hydroxyl groups excluding tert-OH is 1. The van der Waals surface area contributed by atoms with Gasteiger partial charge in [0.2, 0.25) is 0 Å². The molecular formula is C12H14O2S. The van der Waals surface area contributed by atoms with Gasteiger partial charge in [0, 0.05) is 24.8 Å². The SMILES string of the molecule is COCCC(O)c1cccc2ccsc12. The van der Waals surface area contributed by atoms with Crippen LogP contribution in [-0.4, -0.2) is 18.8 Å². The molecule has 15 heavy (non-hydrogen) atoms. The molecule has 0 saturated carbocycles. The lowest BCUT2D eigenvalue weighted by atomic mass is 10.1. The van der Waals surface area contributed by atoms with E-state index >= 15 is 0 Å². The van der Waals surface area contributed by atoms with Gasteiger partial charge in [-0.15, -0.1) is 11.3 Å². The second-order valence-corrected chi connectivity index (χ2v) is 4.40. The van der Waals surface area contributed by atoms with Crippen LogP contribution in [0.1, 0.15) is 18.1 Å². The highest BCUT2D eigenvalue weighted by molar-refractivity contribution is 7.17. The van der Waals surface area contributed by atoms with Crippen LogP contribution in [0.15, 0.2) is 29.6 Å². The highest BCUT2D eigenvalue weighted by Crippen LogP contribution is 2.30. The quantitative estimate of drug-likeness (QED) is 0.861. The molecule has 2 rings (SSSR count). The maximum atomic E-state index is 9.99. The third-order valence-electron chi connectivity index (χ3n) is 2.46. The fraction of sp³-hybridized carbons (Fsp3) is 0.333. The van der Waals surface area contributed by atoms with Crippen molar-refractivity contribution in [2.24, 2.45) is 0 Å². The minimum Gasteiger partial charge on any atom is -0.388 e. The molecule has 0 saturated heterocycles. The lowest BCUT2D eigenvalue weighted by molar-refractivity contribution is 0.111. The van der Waals surface area contributed by atoms with Gasteiger partial charge in [-0.2, -0.15) is 0 Å². The summed E-state index contributed by atoms with van der Waals surface area (Å²) >= 11 is 1.67. The van der Waals surface area contributed by atoms with Gasteiger partial charge in [0.05, 0.1) is 6.10 Å². The molecule has 0 aliphatic carbocycles. The molecule has 0 radical (unpaired) electrons. The Morgan fingerprint density at radius 2 is 2.27 bits per heavy atom. The first kappa shape index (κ1) is 10.6. The van der Waals surface area contributed by atoms with Gasteiger partial charge in [-0.3, -0.25) is 0 Å². The summed E-state index contributed by atoms with van der Waals surface area (Å²) in [6.45, 7) is 0.586. The van der Waals surface area contributed by atoms with Gasteiger partial charge in [-0.1, -0.05) is 18.2 Å². The standard InChI is InChI=1S/C12H14O2S/c1-14-7-5-11(13)10-4-2-3-9-6-8-15-12(9)10/h2-4,6,8,11,13H,5,7H2,1H3. The lowest BCUT2D eigenvalue weighted by Crippen LogP contribution is -2.01. The molecule has 0 aliphatic rings. The number of fused-ring (bicyclic) bond motifs is 1. The van der Waals surface area contributed by atoms with E-state index in [1.165, 1.54) is 10.1 Å². The third-order valence-corrected chi connectivity index (χ3v) is 3.44. The summed E-state index contributed by atoms with van der Waals surface area (Å²) in [6.07, 6.45) is 0.223. The van der Waals surface area contributed by atoms with Crippen molar-refractivity contribution >= 4 is 21.4 Å². The monoisotopic (exact) mass is 222 g/mol. The molecule has 2 nitrogen and oxygen atoms in total. The second-order valence-electron chi connectivity index (χ2n) is 3.48. The molecule has 1 heterocycles. The second kappa shape index (κ2) is 4.75. The Balaban J connectivity index is 2.29. The summed E-state index contributed by atoms with van der Waals surface area (Å²) in [6, 6.07) is 8.12. The van der Waals surface area contributed by atoms with Gasteiger partial charge in [0.15, 0.2) is 0 Å². The van der Waals surface area contributed by atoms with E-state index < -0.39 is 6.10 Å². The Morgan fingerprint density at radius 1 is 1.40 bits per heavy atom. The van der Waals surface area contributed by atoms with Gasteiger partial charge in [0.25, 0.3) is 0 Å². The molecule has 1 atom stereocenters. The van der Waals surface area contributed by atoms with Crippen molar-refractivity contribution < 1.29 is 9.84 Å². The summed E-state index contributed by atoms with van der Waals surface area (Å²) < 4.78 is 6.15. The number of thiophene rings is 1. The van der Waals surface area contributed by atoms with E-state index in [-0.39, 0.29) is 0 Å². The maximum Gasteiger partial charge on any atom is 0.0825 e. The van der Waals surface area contributed by atoms with Crippen LogP contribution in [0.3, 0.4) is 0 Å². The number of aliphatic hydroxyl groups is 1. The summed E-state index contributed by atoms with van der Waals surface area (Å²) in [5, 5.41) is 13.3. The molecule has 1 unspecified atom stereocenters. The summed E-state index contributed by atoms with van der Waals surface area (Å²) in [7, 11) is 1.65. The fourth-order valence-corrected chi connectivity index (χ4v) is 2.63. The van der Waals surface area contributed by atoms with Gasteiger partial charge in [-0.25, -0.2) is 0 Å². The molecule has 2 aromatic rings. The first-order valence-corrected chi connectivity index (χ1v) is 5.84. The highest BCUT2D eigenvalue weighted by Gasteiger charge is 2.11. The fourth-order valence-electron chi connectivity index (χ4n) is 1.66. The normalized spacial score (nSPS) is 13.2. The summed E-state index contributed by atoms with van der Waals surface area (Å²) in [5.41, 5.74) is 1.01. The molecule has 1 aromatic heterocycles. The predicted octanol–water partition coefficient (Wildman–Crippen LogP) is 2.97. The van der Waals surface area contributed by atoms with Crippen molar-refractivity contribution in [3.63, 3.8) is 0 Å². The number of ether oxygens (including phenoxy) is 1. The molecule has 1 aromatic carbocycles. The Bertz CT molecular complexity index is 436. The molecule has 3 heteroatoms. The Morgan fingerprint density at radius 3 is 3.07 bits per heavy atom. The maximum absolute atomic E-state index is 9.99. The van der Waals surface area contributed by atoms with E-state index in [9.17, 15) is 5.11 Å². The molecule has 0 bridgehead atoms. The average molecular weight is 222 g/mol. The average Bonchev–Trinajstić information content (AvgIpc) is 2.73. The molecule has 0 spiro atoms. The van der Waals surface area contributed by atoms with Crippen LogP contribution in [-0.2, 0) is 4.74 Å². The van der Waals surface area contributed by atoms with E-state index in [1.807, 2.05) is 12.1 Å².